The molecule has 2 aliphatic heterocycles. The number of halogens is 1. The highest BCUT2D eigenvalue weighted by Crippen LogP contribution is 2.43. The first-order valence-corrected chi connectivity index (χ1v) is 10.4. The van der Waals surface area contributed by atoms with E-state index in [2.05, 4.69) is 47.8 Å². The highest BCUT2D eigenvalue weighted by Gasteiger charge is 2.49. The summed E-state index contributed by atoms with van der Waals surface area (Å²) in [7, 11) is 0. The molecule has 2 heterocycles. The Kier molecular flexibility index (Phi) is 5.65. The van der Waals surface area contributed by atoms with E-state index in [-0.39, 0.29) is 11.7 Å². The Labute approximate surface area is 159 Å². The average Bonchev–Trinajstić information content (AvgIpc) is 2.99. The van der Waals surface area contributed by atoms with Crippen LogP contribution in [0.2, 0.25) is 5.02 Å². The van der Waals surface area contributed by atoms with Crippen LogP contribution in [0.5, 0.6) is 0 Å². The molecule has 3 unspecified atom stereocenters. The summed E-state index contributed by atoms with van der Waals surface area (Å²) in [5.41, 5.74) is 5.28. The summed E-state index contributed by atoms with van der Waals surface area (Å²) in [6.07, 6.45) is 6.39. The molecule has 6 heteroatoms. The number of rotatable bonds is 5. The van der Waals surface area contributed by atoms with Gasteiger partial charge >= 0.3 is 0 Å². The Balaban J connectivity index is 1.99. The van der Waals surface area contributed by atoms with Crippen molar-refractivity contribution < 1.29 is 0 Å². The second-order valence-electron chi connectivity index (χ2n) is 6.93. The Morgan fingerprint density at radius 1 is 1.40 bits per heavy atom. The molecule has 1 fully saturated rings. The zero-order chi connectivity index (χ0) is 18.0. The van der Waals surface area contributed by atoms with Crippen LogP contribution in [0.1, 0.15) is 45.1 Å². The molecule has 0 spiro atoms. The summed E-state index contributed by atoms with van der Waals surface area (Å²) in [5.74, 6) is 0. The van der Waals surface area contributed by atoms with Crippen molar-refractivity contribution in [3.63, 3.8) is 0 Å². The summed E-state index contributed by atoms with van der Waals surface area (Å²) in [6, 6.07) is 10.9. The van der Waals surface area contributed by atoms with Gasteiger partial charge in [0.2, 0.25) is 0 Å². The zero-order valence-electron chi connectivity index (χ0n) is 15.0. The van der Waals surface area contributed by atoms with Gasteiger partial charge in [0.05, 0.1) is 16.1 Å². The van der Waals surface area contributed by atoms with Gasteiger partial charge in [-0.15, -0.1) is 11.8 Å². The van der Waals surface area contributed by atoms with Crippen LogP contribution in [-0.2, 0) is 5.54 Å². The molecule has 1 saturated heterocycles. The molecule has 1 aromatic rings. The van der Waals surface area contributed by atoms with Crippen LogP contribution in [0.3, 0.4) is 0 Å². The number of benzene rings is 1. The largest absolute Gasteiger partial charge is 0.310 e. The van der Waals surface area contributed by atoms with E-state index in [1.54, 1.807) is 11.8 Å². The predicted molar refractivity (Wildman–Crippen MR) is 105 cm³/mol. The SMILES string of the molecule is CCCCC1CC(C)(c2ccc(Cl)cc2)N2NC(SC)=C(C#N)C2N1. The highest BCUT2D eigenvalue weighted by molar-refractivity contribution is 8.02. The van der Waals surface area contributed by atoms with E-state index >= 15 is 0 Å². The van der Waals surface area contributed by atoms with E-state index < -0.39 is 0 Å². The van der Waals surface area contributed by atoms with Gasteiger partial charge in [-0.25, -0.2) is 0 Å². The lowest BCUT2D eigenvalue weighted by Crippen LogP contribution is -2.65. The summed E-state index contributed by atoms with van der Waals surface area (Å²) in [5, 5.41) is 17.3. The molecule has 0 amide bonds. The summed E-state index contributed by atoms with van der Waals surface area (Å²) < 4.78 is 0. The number of fused-ring (bicyclic) bond motifs is 1. The molecule has 0 saturated carbocycles. The van der Waals surface area contributed by atoms with E-state index in [9.17, 15) is 5.26 Å². The molecule has 2 N–H and O–H groups in total. The van der Waals surface area contributed by atoms with Crippen LogP contribution in [-0.4, -0.2) is 23.5 Å². The normalized spacial score (nSPS) is 29.2. The topological polar surface area (TPSA) is 51.1 Å². The Hall–Kier alpha value is -1.19. The number of hydrogen-bond acceptors (Lipinski definition) is 5. The minimum absolute atomic E-state index is 0.0938. The van der Waals surface area contributed by atoms with E-state index in [0.717, 1.165) is 28.5 Å². The number of nitriles is 1. The molecule has 0 bridgehead atoms. The lowest BCUT2D eigenvalue weighted by Gasteiger charge is -2.50. The first-order chi connectivity index (χ1) is 12.0. The molecule has 0 aliphatic carbocycles. The van der Waals surface area contributed by atoms with Gasteiger partial charge in [-0.3, -0.25) is 5.32 Å². The molecule has 0 aromatic heterocycles. The minimum Gasteiger partial charge on any atom is -0.310 e. The van der Waals surface area contributed by atoms with Crippen LogP contribution < -0.4 is 10.7 Å². The predicted octanol–water partition coefficient (Wildman–Crippen LogP) is 4.35. The van der Waals surface area contributed by atoms with E-state index in [1.165, 1.54) is 18.4 Å². The zero-order valence-corrected chi connectivity index (χ0v) is 16.5. The second kappa shape index (κ2) is 7.59. The molecule has 4 nitrogen and oxygen atoms in total. The van der Waals surface area contributed by atoms with Crippen LogP contribution in [0.4, 0.5) is 0 Å². The number of unbranched alkanes of at least 4 members (excludes halogenated alkanes) is 1. The second-order valence-corrected chi connectivity index (χ2v) is 8.19. The number of nitrogens with zero attached hydrogens (tertiary/aromatic N) is 2. The Bertz CT molecular complexity index is 696. The van der Waals surface area contributed by atoms with Crippen molar-refractivity contribution in [2.45, 2.75) is 57.3 Å². The number of nitrogens with one attached hydrogen (secondary N) is 2. The number of hydrazine groups is 1. The molecule has 25 heavy (non-hydrogen) atoms. The fourth-order valence-electron chi connectivity index (χ4n) is 3.88. The molecular weight excluding hydrogens is 352 g/mol. The van der Waals surface area contributed by atoms with Gasteiger partial charge in [0.25, 0.3) is 0 Å². The van der Waals surface area contributed by atoms with Gasteiger partial charge in [0.15, 0.2) is 0 Å². The molecule has 1 aromatic carbocycles. The van der Waals surface area contributed by atoms with Crippen molar-refractivity contribution in [3.8, 4) is 6.07 Å². The van der Waals surface area contributed by atoms with Crippen molar-refractivity contribution in [2.75, 3.05) is 6.26 Å². The number of thioether (sulfide) groups is 1. The minimum atomic E-state index is -0.210. The summed E-state index contributed by atoms with van der Waals surface area (Å²) in [6.45, 7) is 4.48. The fourth-order valence-corrected chi connectivity index (χ4v) is 4.58. The van der Waals surface area contributed by atoms with Crippen LogP contribution in [0.15, 0.2) is 34.9 Å². The first kappa shape index (κ1) is 18.6. The van der Waals surface area contributed by atoms with Crippen molar-refractivity contribution in [1.82, 2.24) is 15.8 Å². The molecule has 2 aliphatic rings. The Morgan fingerprint density at radius 2 is 2.12 bits per heavy atom. The number of hydrogen-bond donors (Lipinski definition) is 2. The van der Waals surface area contributed by atoms with E-state index in [0.29, 0.717) is 6.04 Å². The maximum atomic E-state index is 9.70. The maximum absolute atomic E-state index is 9.70. The standard InChI is InChI=1S/C19H25ClN4S/c1-4-5-6-15-11-19(2,13-7-9-14(20)10-8-13)24-17(22-15)16(12-21)18(23-24)25-3/h7-10,15,17,22-23H,4-6,11H2,1-3H3. The van der Waals surface area contributed by atoms with Gasteiger partial charge in [-0.2, -0.15) is 10.3 Å². The monoisotopic (exact) mass is 376 g/mol. The lowest BCUT2D eigenvalue weighted by molar-refractivity contribution is -0.0251. The van der Waals surface area contributed by atoms with Crippen molar-refractivity contribution in [3.05, 3.63) is 45.5 Å². The lowest BCUT2D eigenvalue weighted by atomic mass is 9.81. The average molecular weight is 377 g/mol. The third kappa shape index (κ3) is 3.41. The molecule has 3 atom stereocenters. The van der Waals surface area contributed by atoms with Crippen LogP contribution in [0.25, 0.3) is 0 Å². The Morgan fingerprint density at radius 3 is 2.72 bits per heavy atom. The summed E-state index contributed by atoms with van der Waals surface area (Å²) >= 11 is 7.69. The third-order valence-corrected chi connectivity index (χ3v) is 6.24. The maximum Gasteiger partial charge on any atom is 0.118 e. The molecule has 134 valence electrons. The summed E-state index contributed by atoms with van der Waals surface area (Å²) in [4.78, 5) is 0. The van der Waals surface area contributed by atoms with Gasteiger partial charge < -0.3 is 5.43 Å². The van der Waals surface area contributed by atoms with Gasteiger partial charge in [0, 0.05) is 11.1 Å². The van der Waals surface area contributed by atoms with Gasteiger partial charge in [0.1, 0.15) is 12.2 Å². The van der Waals surface area contributed by atoms with Crippen molar-refractivity contribution in [1.29, 1.82) is 5.26 Å². The van der Waals surface area contributed by atoms with Gasteiger partial charge in [-0.05, 0) is 43.7 Å². The first-order valence-electron chi connectivity index (χ1n) is 8.79. The van der Waals surface area contributed by atoms with Crippen molar-refractivity contribution in [2.24, 2.45) is 0 Å². The fraction of sp³-hybridized carbons (Fsp3) is 0.526. The third-order valence-electron chi connectivity index (χ3n) is 5.26. The molecule has 3 rings (SSSR count). The molecular formula is C19H25ClN4S. The highest BCUT2D eigenvalue weighted by atomic mass is 35.5. The van der Waals surface area contributed by atoms with Crippen LogP contribution in [0, 0.1) is 11.3 Å². The van der Waals surface area contributed by atoms with E-state index in [1.807, 2.05) is 18.4 Å². The quantitative estimate of drug-likeness (QED) is 0.799. The van der Waals surface area contributed by atoms with Crippen molar-refractivity contribution >= 4 is 23.4 Å². The smallest absolute Gasteiger partial charge is 0.118 e. The van der Waals surface area contributed by atoms with Gasteiger partial charge in [-0.1, -0.05) is 43.5 Å². The van der Waals surface area contributed by atoms with Crippen LogP contribution >= 0.6 is 23.4 Å². The molecule has 0 radical (unpaired) electrons. The van der Waals surface area contributed by atoms with E-state index in [4.69, 9.17) is 11.6 Å².